The summed E-state index contributed by atoms with van der Waals surface area (Å²) < 4.78 is 11.1. The van der Waals surface area contributed by atoms with Crippen LogP contribution >= 0.6 is 0 Å². The Bertz CT molecular complexity index is 3110. The Balaban J connectivity index is 1.27. The third kappa shape index (κ3) is 4.25. The second-order valence-electron chi connectivity index (χ2n) is 13.4. The van der Waals surface area contributed by atoms with Crippen molar-refractivity contribution in [3.63, 3.8) is 0 Å². The molecule has 0 N–H and O–H groups in total. The largest absolute Gasteiger partial charge is 0.456 e. The van der Waals surface area contributed by atoms with Gasteiger partial charge in [0, 0.05) is 43.7 Å². The summed E-state index contributed by atoms with van der Waals surface area (Å²) in [5, 5.41) is 7.17. The highest BCUT2D eigenvalue weighted by Gasteiger charge is 2.20. The van der Waals surface area contributed by atoms with E-state index < -0.39 is 0 Å². The van der Waals surface area contributed by atoms with Gasteiger partial charge in [0.1, 0.15) is 11.2 Å². The van der Waals surface area contributed by atoms with Crippen molar-refractivity contribution in [1.29, 1.82) is 0 Å². The van der Waals surface area contributed by atoms with Gasteiger partial charge in [0.15, 0.2) is 0 Å². The average molecular weight is 651 g/mol. The number of fused-ring (bicyclic) bond motifs is 9. The molecule has 0 unspecified atom stereocenters. The molecule has 3 nitrogen and oxygen atoms in total. The fourth-order valence-corrected chi connectivity index (χ4v) is 8.14. The predicted octanol–water partition coefficient (Wildman–Crippen LogP) is 13.1. The van der Waals surface area contributed by atoms with E-state index in [2.05, 4.69) is 179 Å². The van der Waals surface area contributed by atoms with E-state index in [1.54, 1.807) is 0 Å². The summed E-state index contributed by atoms with van der Waals surface area (Å²) >= 11 is 0. The van der Waals surface area contributed by atoms with Gasteiger partial charge in [-0.25, -0.2) is 0 Å². The van der Waals surface area contributed by atoms with E-state index in [0.717, 1.165) is 38.8 Å². The van der Waals surface area contributed by atoms with Crippen LogP contribution in [0.2, 0.25) is 0 Å². The molecule has 0 fully saturated rings. The van der Waals surface area contributed by atoms with E-state index in [9.17, 15) is 0 Å². The van der Waals surface area contributed by atoms with Gasteiger partial charge in [-0.3, -0.25) is 0 Å². The topological polar surface area (TPSA) is 23.0 Å². The highest BCUT2D eigenvalue weighted by molar-refractivity contribution is 6.20. The summed E-state index contributed by atoms with van der Waals surface area (Å²) in [4.78, 5) is 0. The maximum Gasteiger partial charge on any atom is 0.135 e. The van der Waals surface area contributed by atoms with E-state index >= 15 is 0 Å². The summed E-state index contributed by atoms with van der Waals surface area (Å²) in [7, 11) is 0. The fraction of sp³-hybridized carbons (Fsp3) is 0. The molecular weight excluding hydrogens is 621 g/mol. The standard InChI is InChI=1S/C48H30N2O/c1-4-12-31(13-5-1)33-20-23-43-38(26-33)40-29-41-39-27-34(32-14-6-2-7-15-32)21-24-44(39)50(46(41)30-45(40)49(43)35-16-8-3-9-17-35)36-22-25-48-42(28-36)37-18-10-11-19-47(37)51-48/h1-30H. The molecule has 0 aliphatic heterocycles. The number of hydrogen-bond donors (Lipinski definition) is 0. The van der Waals surface area contributed by atoms with Crippen LogP contribution in [0, 0.1) is 0 Å². The second kappa shape index (κ2) is 10.8. The lowest BCUT2D eigenvalue weighted by Crippen LogP contribution is -1.95. The third-order valence-corrected chi connectivity index (χ3v) is 10.5. The van der Waals surface area contributed by atoms with E-state index in [1.165, 1.54) is 60.3 Å². The highest BCUT2D eigenvalue weighted by atomic mass is 16.3. The van der Waals surface area contributed by atoms with Crippen LogP contribution < -0.4 is 0 Å². The van der Waals surface area contributed by atoms with Crippen LogP contribution in [0.1, 0.15) is 0 Å². The summed E-state index contributed by atoms with van der Waals surface area (Å²) in [6, 6.07) is 65.6. The maximum atomic E-state index is 6.25. The van der Waals surface area contributed by atoms with Crippen LogP contribution in [-0.2, 0) is 0 Å². The zero-order valence-corrected chi connectivity index (χ0v) is 27.6. The summed E-state index contributed by atoms with van der Waals surface area (Å²) in [6.07, 6.45) is 0. The number of aromatic nitrogens is 2. The molecule has 0 saturated carbocycles. The van der Waals surface area contributed by atoms with Gasteiger partial charge in [-0.2, -0.15) is 0 Å². The Kier molecular flexibility index (Phi) is 5.96. The first-order valence-corrected chi connectivity index (χ1v) is 17.4. The van der Waals surface area contributed by atoms with Gasteiger partial charge in [0.2, 0.25) is 0 Å². The van der Waals surface area contributed by atoms with E-state index in [-0.39, 0.29) is 0 Å². The molecule has 0 bridgehead atoms. The first kappa shape index (κ1) is 28.0. The lowest BCUT2D eigenvalue weighted by molar-refractivity contribution is 0.669. The molecule has 0 aliphatic rings. The molecular formula is C48H30N2O. The number of rotatable bonds is 4. The fourth-order valence-electron chi connectivity index (χ4n) is 8.14. The average Bonchev–Trinajstić information content (AvgIpc) is 3.84. The minimum Gasteiger partial charge on any atom is -0.456 e. The minimum absolute atomic E-state index is 0.896. The number of hydrogen-bond acceptors (Lipinski definition) is 1. The molecule has 8 aromatic carbocycles. The number of furan rings is 1. The van der Waals surface area contributed by atoms with Crippen LogP contribution in [0.25, 0.3) is 99.2 Å². The Morgan fingerprint density at radius 3 is 1.41 bits per heavy atom. The Hall–Kier alpha value is -6.84. The molecule has 0 atom stereocenters. The zero-order chi connectivity index (χ0) is 33.5. The molecule has 11 rings (SSSR count). The second-order valence-corrected chi connectivity index (χ2v) is 13.4. The van der Waals surface area contributed by atoms with E-state index in [0.29, 0.717) is 0 Å². The smallest absolute Gasteiger partial charge is 0.135 e. The monoisotopic (exact) mass is 650 g/mol. The quantitative estimate of drug-likeness (QED) is 0.186. The lowest BCUT2D eigenvalue weighted by atomic mass is 10.0. The normalized spacial score (nSPS) is 11.9. The van der Waals surface area contributed by atoms with Gasteiger partial charge < -0.3 is 13.6 Å². The zero-order valence-electron chi connectivity index (χ0n) is 27.6. The maximum absolute atomic E-state index is 6.25. The van der Waals surface area contributed by atoms with Crippen LogP contribution in [-0.4, -0.2) is 9.13 Å². The van der Waals surface area contributed by atoms with Gasteiger partial charge in [0.25, 0.3) is 0 Å². The Labute approximate surface area is 293 Å². The minimum atomic E-state index is 0.896. The van der Waals surface area contributed by atoms with Gasteiger partial charge in [0.05, 0.1) is 22.1 Å². The van der Waals surface area contributed by atoms with Crippen molar-refractivity contribution in [1.82, 2.24) is 9.13 Å². The number of para-hydroxylation sites is 2. The van der Waals surface area contributed by atoms with Gasteiger partial charge >= 0.3 is 0 Å². The van der Waals surface area contributed by atoms with Crippen molar-refractivity contribution in [3.05, 3.63) is 182 Å². The van der Waals surface area contributed by atoms with Crippen LogP contribution in [0.3, 0.4) is 0 Å². The summed E-state index contributed by atoms with van der Waals surface area (Å²) in [6.45, 7) is 0. The van der Waals surface area contributed by atoms with Gasteiger partial charge in [-0.15, -0.1) is 0 Å². The molecule has 51 heavy (non-hydrogen) atoms. The van der Waals surface area contributed by atoms with Gasteiger partial charge in [-0.1, -0.05) is 109 Å². The third-order valence-electron chi connectivity index (χ3n) is 10.5. The molecule has 3 heteroatoms. The summed E-state index contributed by atoms with van der Waals surface area (Å²) in [5.74, 6) is 0. The first-order valence-electron chi connectivity index (χ1n) is 17.4. The molecule has 0 amide bonds. The van der Waals surface area contributed by atoms with Crippen LogP contribution in [0.4, 0.5) is 0 Å². The number of nitrogens with zero attached hydrogens (tertiary/aromatic N) is 2. The van der Waals surface area contributed by atoms with Crippen molar-refractivity contribution in [2.45, 2.75) is 0 Å². The summed E-state index contributed by atoms with van der Waals surface area (Å²) in [5.41, 5.74) is 13.6. The number of benzene rings is 8. The molecule has 0 aliphatic carbocycles. The van der Waals surface area contributed by atoms with E-state index in [1.807, 2.05) is 12.1 Å². The molecule has 3 heterocycles. The van der Waals surface area contributed by atoms with Crippen molar-refractivity contribution in [3.8, 4) is 33.6 Å². The molecule has 0 radical (unpaired) electrons. The van der Waals surface area contributed by atoms with Gasteiger partial charge in [-0.05, 0) is 95.1 Å². The Morgan fingerprint density at radius 2 is 0.784 bits per heavy atom. The van der Waals surface area contributed by atoms with Crippen molar-refractivity contribution < 1.29 is 4.42 Å². The van der Waals surface area contributed by atoms with Crippen LogP contribution in [0.5, 0.6) is 0 Å². The lowest BCUT2D eigenvalue weighted by Gasteiger charge is -2.10. The first-order chi connectivity index (χ1) is 25.3. The van der Waals surface area contributed by atoms with E-state index in [4.69, 9.17) is 4.42 Å². The molecule has 0 spiro atoms. The Morgan fingerprint density at radius 1 is 0.275 bits per heavy atom. The SMILES string of the molecule is c1ccc(-c2ccc3c(c2)c2cc4c5cc(-c6ccccc6)ccc5n(-c5ccc6oc7ccccc7c6c5)c4cc2n3-c2ccccc2)cc1. The predicted molar refractivity (Wildman–Crippen MR) is 213 cm³/mol. The molecule has 3 aromatic heterocycles. The molecule has 11 aromatic rings. The molecule has 238 valence electrons. The van der Waals surface area contributed by atoms with Crippen molar-refractivity contribution in [2.24, 2.45) is 0 Å². The highest BCUT2D eigenvalue weighted by Crippen LogP contribution is 2.42. The van der Waals surface area contributed by atoms with Crippen LogP contribution in [0.15, 0.2) is 186 Å². The molecule has 0 saturated heterocycles. The van der Waals surface area contributed by atoms with Crippen molar-refractivity contribution >= 4 is 65.6 Å². The van der Waals surface area contributed by atoms with Crippen molar-refractivity contribution in [2.75, 3.05) is 0 Å².